The topological polar surface area (TPSA) is 68.7 Å². The van der Waals surface area contributed by atoms with Crippen LogP contribution in [0.4, 0.5) is 4.39 Å². The number of rotatable bonds is 9. The molecule has 1 aromatic heterocycles. The number of pyridine rings is 1. The minimum absolute atomic E-state index is 0.0102. The molecule has 44 heavy (non-hydrogen) atoms. The third-order valence-electron chi connectivity index (χ3n) is 8.10. The lowest BCUT2D eigenvalue weighted by molar-refractivity contribution is -0.202. The number of carbonyl (C=O) groups excluding carboxylic acids is 2. The molecule has 0 radical (unpaired) electrons. The number of hydrogen-bond donors (Lipinski definition) is 0. The molecule has 10 heteroatoms. The van der Waals surface area contributed by atoms with E-state index < -0.39 is 29.5 Å². The third kappa shape index (κ3) is 7.25. The van der Waals surface area contributed by atoms with Crippen LogP contribution >= 0.6 is 35.0 Å². The number of benzene rings is 2. The van der Waals surface area contributed by atoms with Crippen molar-refractivity contribution in [2.75, 3.05) is 12.9 Å². The highest BCUT2D eigenvalue weighted by Crippen LogP contribution is 2.51. The van der Waals surface area contributed by atoms with E-state index >= 15 is 4.39 Å². The standard InChI is InChI=1S/C34H37Cl2FN2O4S/c1-33(2,3)44-19-28(20-9-10-20)39-29(21-12-14-26(36)27(37)16-21)30(22-7-6-8-24(35)15-22)43-34(4,32(39)41)17-25-13-11-23(18-38-25)31(40)42-5/h6-8,11-16,18,20,28-30H,9-10,17,19H2,1-5H3/t28-,29-,30-,34+/m1/s1. The second-order valence-electron chi connectivity index (χ2n) is 12.7. The molecule has 1 amide bonds. The highest BCUT2D eigenvalue weighted by atomic mass is 35.5. The molecule has 0 bridgehead atoms. The van der Waals surface area contributed by atoms with Gasteiger partial charge in [0.05, 0.1) is 23.7 Å². The van der Waals surface area contributed by atoms with Crippen LogP contribution in [0.1, 0.15) is 79.9 Å². The van der Waals surface area contributed by atoms with Crippen molar-refractivity contribution in [1.82, 2.24) is 9.88 Å². The van der Waals surface area contributed by atoms with Crippen LogP contribution in [0.3, 0.4) is 0 Å². The van der Waals surface area contributed by atoms with Crippen LogP contribution in [0.2, 0.25) is 10.0 Å². The Morgan fingerprint density at radius 2 is 1.91 bits per heavy atom. The van der Waals surface area contributed by atoms with Crippen molar-refractivity contribution < 1.29 is 23.5 Å². The molecule has 1 saturated heterocycles. The molecule has 2 aromatic carbocycles. The first-order chi connectivity index (χ1) is 20.8. The zero-order valence-electron chi connectivity index (χ0n) is 25.5. The highest BCUT2D eigenvalue weighted by molar-refractivity contribution is 8.00. The van der Waals surface area contributed by atoms with Crippen LogP contribution in [0.15, 0.2) is 60.8 Å². The van der Waals surface area contributed by atoms with Gasteiger partial charge >= 0.3 is 5.97 Å². The number of methoxy groups -OCH3 is 1. The van der Waals surface area contributed by atoms with Gasteiger partial charge in [-0.15, -0.1) is 0 Å². The number of halogens is 3. The largest absolute Gasteiger partial charge is 0.465 e. The van der Waals surface area contributed by atoms with E-state index in [4.69, 9.17) is 32.7 Å². The summed E-state index contributed by atoms with van der Waals surface area (Å²) in [6.45, 7) is 8.28. The fraction of sp³-hybridized carbons (Fsp3) is 0.441. The predicted molar refractivity (Wildman–Crippen MR) is 173 cm³/mol. The van der Waals surface area contributed by atoms with Gasteiger partial charge in [0, 0.05) is 39.9 Å². The maximum Gasteiger partial charge on any atom is 0.339 e. The van der Waals surface area contributed by atoms with Gasteiger partial charge in [-0.05, 0) is 73.2 Å². The van der Waals surface area contributed by atoms with E-state index in [1.807, 2.05) is 34.9 Å². The van der Waals surface area contributed by atoms with E-state index in [1.54, 1.807) is 31.2 Å². The number of esters is 1. The van der Waals surface area contributed by atoms with Crippen LogP contribution in [-0.2, 0) is 20.7 Å². The molecule has 3 aromatic rings. The van der Waals surface area contributed by atoms with E-state index in [2.05, 4.69) is 25.8 Å². The SMILES string of the molecule is COC(=O)c1ccc(C[C@]2(C)O[C@H](c3cccc(Cl)c3)[C@@H](c3ccc(Cl)c(F)c3)N([C@H](CSC(C)(C)C)C3CC3)C2=O)nc1. The Balaban J connectivity index is 1.64. The Morgan fingerprint density at radius 1 is 1.16 bits per heavy atom. The normalized spacial score (nSPS) is 23.0. The first-order valence-electron chi connectivity index (χ1n) is 14.7. The lowest BCUT2D eigenvalue weighted by Crippen LogP contribution is -2.62. The molecule has 2 aliphatic rings. The molecule has 4 atom stereocenters. The van der Waals surface area contributed by atoms with E-state index in [9.17, 15) is 9.59 Å². The first-order valence-corrected chi connectivity index (χ1v) is 16.4. The second kappa shape index (κ2) is 13.0. The first kappa shape index (κ1) is 32.7. The van der Waals surface area contributed by atoms with Gasteiger partial charge in [0.2, 0.25) is 0 Å². The van der Waals surface area contributed by atoms with Crippen LogP contribution in [0.25, 0.3) is 0 Å². The average molecular weight is 660 g/mol. The van der Waals surface area contributed by atoms with Gasteiger partial charge in [0.1, 0.15) is 11.9 Å². The molecule has 1 saturated carbocycles. The fourth-order valence-corrected chi connectivity index (χ4v) is 7.17. The maximum absolute atomic E-state index is 15.0. The van der Waals surface area contributed by atoms with Crippen LogP contribution in [0, 0.1) is 11.7 Å². The van der Waals surface area contributed by atoms with Crippen LogP contribution < -0.4 is 0 Å². The summed E-state index contributed by atoms with van der Waals surface area (Å²) in [5.41, 5.74) is 0.941. The summed E-state index contributed by atoms with van der Waals surface area (Å²) in [6.07, 6.45) is 2.95. The summed E-state index contributed by atoms with van der Waals surface area (Å²) in [7, 11) is 1.31. The Morgan fingerprint density at radius 3 is 2.50 bits per heavy atom. The molecule has 2 heterocycles. The summed E-state index contributed by atoms with van der Waals surface area (Å²) < 4.78 is 26.7. The Hall–Kier alpha value is -2.65. The number of morpholine rings is 1. The quantitative estimate of drug-likeness (QED) is 0.216. The number of nitrogens with zero attached hydrogens (tertiary/aromatic N) is 2. The van der Waals surface area contributed by atoms with Crippen molar-refractivity contribution in [3.05, 3.63) is 99.0 Å². The number of ether oxygens (including phenoxy) is 2. The molecule has 1 aliphatic heterocycles. The molecular formula is C34H37Cl2FN2O4S. The van der Waals surface area contributed by atoms with Crippen molar-refractivity contribution in [3.63, 3.8) is 0 Å². The van der Waals surface area contributed by atoms with Crippen molar-refractivity contribution in [3.8, 4) is 0 Å². The van der Waals surface area contributed by atoms with E-state index in [-0.39, 0.29) is 28.1 Å². The van der Waals surface area contributed by atoms with E-state index in [0.717, 1.165) is 24.2 Å². The number of aromatic nitrogens is 1. The van der Waals surface area contributed by atoms with E-state index in [0.29, 0.717) is 27.8 Å². The summed E-state index contributed by atoms with van der Waals surface area (Å²) in [5, 5.41) is 0.537. The number of thioether (sulfide) groups is 1. The smallest absolute Gasteiger partial charge is 0.339 e. The Labute approximate surface area is 272 Å². The van der Waals surface area contributed by atoms with Gasteiger partial charge < -0.3 is 14.4 Å². The molecule has 2 fully saturated rings. The molecule has 0 spiro atoms. The van der Waals surface area contributed by atoms with E-state index in [1.165, 1.54) is 25.4 Å². The number of carbonyl (C=O) groups is 2. The van der Waals surface area contributed by atoms with Gasteiger partial charge in [0.25, 0.3) is 5.91 Å². The monoisotopic (exact) mass is 658 g/mol. The average Bonchev–Trinajstić information content (AvgIpc) is 3.82. The van der Waals surface area contributed by atoms with Gasteiger partial charge in [-0.1, -0.05) is 62.2 Å². The van der Waals surface area contributed by atoms with Crippen LogP contribution in [-0.4, -0.2) is 51.0 Å². The van der Waals surface area contributed by atoms with Gasteiger partial charge in [0.15, 0.2) is 5.60 Å². The second-order valence-corrected chi connectivity index (χ2v) is 15.4. The van der Waals surface area contributed by atoms with Gasteiger partial charge in [-0.3, -0.25) is 9.78 Å². The molecule has 1 aliphatic carbocycles. The summed E-state index contributed by atoms with van der Waals surface area (Å²) in [4.78, 5) is 33.3. The van der Waals surface area contributed by atoms with Crippen molar-refractivity contribution in [1.29, 1.82) is 0 Å². The summed E-state index contributed by atoms with van der Waals surface area (Å²) in [6, 6.07) is 14.7. The maximum atomic E-state index is 15.0. The molecule has 0 N–H and O–H groups in total. The minimum atomic E-state index is -1.33. The number of amides is 1. The van der Waals surface area contributed by atoms with Crippen LogP contribution in [0.5, 0.6) is 0 Å². The lowest BCUT2D eigenvalue weighted by atomic mass is 9.85. The molecular weight excluding hydrogens is 622 g/mol. The predicted octanol–water partition coefficient (Wildman–Crippen LogP) is 8.27. The third-order valence-corrected chi connectivity index (χ3v) is 10.0. The molecule has 234 valence electrons. The van der Waals surface area contributed by atoms with Crippen molar-refractivity contribution in [2.24, 2.45) is 5.92 Å². The Bertz CT molecular complexity index is 1530. The highest BCUT2D eigenvalue weighted by Gasteiger charge is 2.55. The zero-order valence-corrected chi connectivity index (χ0v) is 27.8. The van der Waals surface area contributed by atoms with Crippen molar-refractivity contribution in [2.45, 2.75) is 75.5 Å². The zero-order chi connectivity index (χ0) is 31.8. The summed E-state index contributed by atoms with van der Waals surface area (Å²) >= 11 is 14.4. The minimum Gasteiger partial charge on any atom is -0.465 e. The fourth-order valence-electron chi connectivity index (χ4n) is 5.75. The van der Waals surface area contributed by atoms with Gasteiger partial charge in [-0.2, -0.15) is 11.8 Å². The number of hydrogen-bond acceptors (Lipinski definition) is 6. The summed E-state index contributed by atoms with van der Waals surface area (Å²) in [5.74, 6) is -0.211. The van der Waals surface area contributed by atoms with Crippen molar-refractivity contribution >= 4 is 46.8 Å². The molecule has 0 unspecified atom stereocenters. The van der Waals surface area contributed by atoms with Gasteiger partial charge in [-0.25, -0.2) is 9.18 Å². The molecule has 5 rings (SSSR count). The lowest BCUT2D eigenvalue weighted by Gasteiger charge is -2.52. The Kier molecular flexibility index (Phi) is 9.66. The molecule has 6 nitrogen and oxygen atoms in total.